The van der Waals surface area contributed by atoms with Crippen LogP contribution in [0.1, 0.15) is 5.56 Å². The topological polar surface area (TPSA) is 73.6 Å². The Kier molecular flexibility index (Phi) is 5.32. The van der Waals surface area contributed by atoms with Crippen LogP contribution in [-0.4, -0.2) is 43.0 Å². The summed E-state index contributed by atoms with van der Waals surface area (Å²) in [5.41, 5.74) is 3.21. The maximum atomic E-state index is 14.0. The van der Waals surface area contributed by atoms with Crippen molar-refractivity contribution in [3.63, 3.8) is 0 Å². The van der Waals surface area contributed by atoms with Crippen molar-refractivity contribution >= 4 is 15.5 Å². The second-order valence-electron chi connectivity index (χ2n) is 7.18. The molecule has 0 fully saturated rings. The number of hydrogen-bond donors (Lipinski definition) is 0. The summed E-state index contributed by atoms with van der Waals surface area (Å²) < 4.78 is 57.8. The van der Waals surface area contributed by atoms with Gasteiger partial charge in [-0.2, -0.15) is 13.9 Å². The molecule has 0 atom stereocenters. The number of benzene rings is 2. The summed E-state index contributed by atoms with van der Waals surface area (Å²) in [5.74, 6) is -3.06. The Morgan fingerprint density at radius 1 is 1.03 bits per heavy atom. The summed E-state index contributed by atoms with van der Waals surface area (Å²) >= 11 is 0. The number of methoxy groups -OCH3 is 1. The van der Waals surface area contributed by atoms with Crippen LogP contribution >= 0.6 is 0 Å². The number of rotatable bonds is 6. The molecular formula is C22H19F2N3O3S. The standard InChI is InChI=1S/C22H19F2N3O3S/c1-30-14-22(23,24)18-8-6-15(7-9-18)17-11-25-21-20(12-26-27(21)13-17)16-4-3-5-19(10-16)31(2,28)29/h3-13H,14H2,1-2H3. The Morgan fingerprint density at radius 3 is 2.45 bits per heavy atom. The van der Waals surface area contributed by atoms with Crippen LogP contribution in [0.5, 0.6) is 0 Å². The molecule has 0 aliphatic carbocycles. The van der Waals surface area contributed by atoms with Crippen molar-refractivity contribution in [3.05, 3.63) is 72.7 Å². The second kappa shape index (κ2) is 7.82. The first-order valence-corrected chi connectivity index (χ1v) is 11.2. The van der Waals surface area contributed by atoms with Crippen molar-refractivity contribution in [2.75, 3.05) is 20.0 Å². The minimum atomic E-state index is -3.34. The van der Waals surface area contributed by atoms with Gasteiger partial charge in [-0.15, -0.1) is 0 Å². The van der Waals surface area contributed by atoms with Gasteiger partial charge in [0.1, 0.15) is 6.61 Å². The quantitative estimate of drug-likeness (QED) is 0.447. The van der Waals surface area contributed by atoms with Crippen LogP contribution in [0.15, 0.2) is 72.0 Å². The maximum absolute atomic E-state index is 14.0. The van der Waals surface area contributed by atoms with Gasteiger partial charge in [-0.3, -0.25) is 0 Å². The third-order valence-corrected chi connectivity index (χ3v) is 6.01. The van der Waals surface area contributed by atoms with Gasteiger partial charge in [0.2, 0.25) is 0 Å². The fourth-order valence-electron chi connectivity index (χ4n) is 3.29. The van der Waals surface area contributed by atoms with E-state index < -0.39 is 22.4 Å². The van der Waals surface area contributed by atoms with Gasteiger partial charge < -0.3 is 4.74 Å². The number of halogens is 2. The lowest BCUT2D eigenvalue weighted by molar-refractivity contribution is -0.0697. The molecule has 4 aromatic rings. The molecule has 0 unspecified atom stereocenters. The Balaban J connectivity index is 1.68. The van der Waals surface area contributed by atoms with Gasteiger partial charge in [0.25, 0.3) is 5.92 Å². The van der Waals surface area contributed by atoms with E-state index >= 15 is 0 Å². The number of alkyl halides is 2. The first-order chi connectivity index (χ1) is 14.7. The highest BCUT2D eigenvalue weighted by Gasteiger charge is 2.31. The van der Waals surface area contributed by atoms with Crippen LogP contribution in [-0.2, 0) is 20.5 Å². The predicted octanol–water partition coefficient (Wildman–Crippen LogP) is 4.21. The first-order valence-electron chi connectivity index (χ1n) is 9.30. The molecule has 0 amide bonds. The van der Waals surface area contributed by atoms with Crippen molar-refractivity contribution in [1.29, 1.82) is 0 Å². The number of nitrogens with zero attached hydrogens (tertiary/aromatic N) is 3. The predicted molar refractivity (Wildman–Crippen MR) is 113 cm³/mol. The zero-order chi connectivity index (χ0) is 22.2. The molecule has 4 rings (SSSR count). The summed E-state index contributed by atoms with van der Waals surface area (Å²) in [5, 5.41) is 4.32. The van der Waals surface area contributed by atoms with Gasteiger partial charge in [0.15, 0.2) is 15.5 Å². The van der Waals surface area contributed by atoms with Crippen LogP contribution in [0, 0.1) is 0 Å². The summed E-state index contributed by atoms with van der Waals surface area (Å²) in [6, 6.07) is 12.5. The number of fused-ring (bicyclic) bond motifs is 1. The highest BCUT2D eigenvalue weighted by molar-refractivity contribution is 7.90. The molecule has 2 aromatic carbocycles. The smallest absolute Gasteiger partial charge is 0.296 e. The molecule has 0 spiro atoms. The lowest BCUT2D eigenvalue weighted by atomic mass is 10.0. The Hall–Kier alpha value is -3.17. The highest BCUT2D eigenvalue weighted by Crippen LogP contribution is 2.31. The van der Waals surface area contributed by atoms with E-state index in [1.807, 2.05) is 0 Å². The molecule has 6 nitrogen and oxygen atoms in total. The van der Waals surface area contributed by atoms with Crippen LogP contribution in [0.4, 0.5) is 8.78 Å². The molecule has 9 heteroatoms. The SMILES string of the molecule is COCC(F)(F)c1ccc(-c2cnc3c(-c4cccc(S(C)(=O)=O)c4)cnn3c2)cc1. The summed E-state index contributed by atoms with van der Waals surface area (Å²) in [6.45, 7) is -0.684. The van der Waals surface area contributed by atoms with Gasteiger partial charge in [-0.1, -0.05) is 36.4 Å². The molecule has 2 aromatic heterocycles. The fraction of sp³-hybridized carbons (Fsp3) is 0.182. The van der Waals surface area contributed by atoms with Crippen molar-refractivity contribution < 1.29 is 21.9 Å². The molecule has 160 valence electrons. The third-order valence-electron chi connectivity index (χ3n) is 4.90. The van der Waals surface area contributed by atoms with Crippen molar-refractivity contribution in [1.82, 2.24) is 14.6 Å². The Bertz CT molecular complexity index is 1350. The van der Waals surface area contributed by atoms with E-state index in [0.717, 1.165) is 6.26 Å². The molecule has 0 saturated carbocycles. The summed E-state index contributed by atoms with van der Waals surface area (Å²) in [6.07, 6.45) is 6.14. The largest absolute Gasteiger partial charge is 0.378 e. The van der Waals surface area contributed by atoms with E-state index in [1.54, 1.807) is 53.4 Å². The molecule has 31 heavy (non-hydrogen) atoms. The number of sulfone groups is 1. The van der Waals surface area contributed by atoms with E-state index in [1.165, 1.54) is 25.3 Å². The van der Waals surface area contributed by atoms with E-state index in [9.17, 15) is 17.2 Å². The highest BCUT2D eigenvalue weighted by atomic mass is 32.2. The summed E-state index contributed by atoms with van der Waals surface area (Å²) in [4.78, 5) is 4.68. The second-order valence-corrected chi connectivity index (χ2v) is 9.20. The van der Waals surface area contributed by atoms with E-state index in [-0.39, 0.29) is 10.5 Å². The van der Waals surface area contributed by atoms with E-state index in [4.69, 9.17) is 0 Å². The minimum absolute atomic E-state index is 0.126. The van der Waals surface area contributed by atoms with Gasteiger partial charge in [-0.25, -0.2) is 17.9 Å². The fourth-order valence-corrected chi connectivity index (χ4v) is 3.96. The number of aromatic nitrogens is 3. The molecule has 0 aliphatic rings. The monoisotopic (exact) mass is 443 g/mol. The van der Waals surface area contributed by atoms with Crippen LogP contribution in [0.3, 0.4) is 0 Å². The van der Waals surface area contributed by atoms with Gasteiger partial charge in [0, 0.05) is 42.4 Å². The van der Waals surface area contributed by atoms with Crippen molar-refractivity contribution in [2.45, 2.75) is 10.8 Å². The van der Waals surface area contributed by atoms with E-state index in [0.29, 0.717) is 27.9 Å². The van der Waals surface area contributed by atoms with Gasteiger partial charge in [-0.05, 0) is 23.3 Å². The van der Waals surface area contributed by atoms with Gasteiger partial charge >= 0.3 is 0 Å². The van der Waals surface area contributed by atoms with E-state index in [2.05, 4.69) is 14.8 Å². The Morgan fingerprint density at radius 2 is 1.77 bits per heavy atom. The first kappa shape index (κ1) is 21.1. The molecule has 0 saturated heterocycles. The maximum Gasteiger partial charge on any atom is 0.296 e. The average Bonchev–Trinajstić information content (AvgIpc) is 3.16. The molecule has 2 heterocycles. The third kappa shape index (κ3) is 4.19. The zero-order valence-corrected chi connectivity index (χ0v) is 17.6. The van der Waals surface area contributed by atoms with Crippen molar-refractivity contribution in [2.24, 2.45) is 0 Å². The lowest BCUT2D eigenvalue weighted by Gasteiger charge is -2.15. The lowest BCUT2D eigenvalue weighted by Crippen LogP contribution is -2.19. The van der Waals surface area contributed by atoms with Gasteiger partial charge in [0.05, 0.1) is 11.1 Å². The number of ether oxygens (including phenoxy) is 1. The molecular weight excluding hydrogens is 424 g/mol. The molecule has 0 N–H and O–H groups in total. The van der Waals surface area contributed by atoms with Crippen LogP contribution < -0.4 is 0 Å². The van der Waals surface area contributed by atoms with Crippen molar-refractivity contribution in [3.8, 4) is 22.3 Å². The summed E-state index contributed by atoms with van der Waals surface area (Å²) in [7, 11) is -2.10. The van der Waals surface area contributed by atoms with Crippen LogP contribution in [0.2, 0.25) is 0 Å². The molecule has 0 radical (unpaired) electrons. The minimum Gasteiger partial charge on any atom is -0.378 e. The van der Waals surface area contributed by atoms with Crippen LogP contribution in [0.25, 0.3) is 27.9 Å². The molecule has 0 aliphatic heterocycles. The normalized spacial score (nSPS) is 12.4. The molecule has 0 bridgehead atoms. The Labute approximate surface area is 178 Å². The average molecular weight is 443 g/mol. The zero-order valence-electron chi connectivity index (χ0n) is 16.8. The number of hydrogen-bond acceptors (Lipinski definition) is 5.